The molecule has 0 aromatic rings. The molecule has 3 fully saturated rings. The van der Waals surface area contributed by atoms with Crippen LogP contribution in [0.4, 0.5) is 4.79 Å². The third kappa shape index (κ3) is 3.26. The van der Waals surface area contributed by atoms with Crippen molar-refractivity contribution in [3.63, 3.8) is 0 Å². The number of nitrogens with zero attached hydrogens (tertiary/aromatic N) is 1. The summed E-state index contributed by atoms with van der Waals surface area (Å²) < 4.78 is 11.1. The molecule has 8 atom stereocenters. The van der Waals surface area contributed by atoms with Crippen LogP contribution in [-0.2, 0) is 9.47 Å². The molecule has 7 nitrogen and oxygen atoms in total. The number of aliphatic hydroxyl groups is 2. The Balaban J connectivity index is 1.66. The fraction of sp³-hybridized carbons (Fsp3) is 0.840. The Morgan fingerprint density at radius 1 is 1.25 bits per heavy atom. The van der Waals surface area contributed by atoms with Gasteiger partial charge in [-0.25, -0.2) is 10.2 Å². The van der Waals surface area contributed by atoms with Crippen molar-refractivity contribution in [1.82, 2.24) is 5.43 Å². The van der Waals surface area contributed by atoms with Crippen molar-refractivity contribution in [3.8, 4) is 0 Å². The SMILES string of the molecule is CCOC(=O)N/N=C(\C)C1(OC)C(O)CC2C3CC=C4CC(O)CCC4(C)C3CCC21C. The van der Waals surface area contributed by atoms with Gasteiger partial charge < -0.3 is 19.7 Å². The number of allylic oxidation sites excluding steroid dienone is 1. The topological polar surface area (TPSA) is 100 Å². The van der Waals surface area contributed by atoms with E-state index in [-0.39, 0.29) is 23.5 Å². The van der Waals surface area contributed by atoms with Gasteiger partial charge in [0.05, 0.1) is 24.5 Å². The summed E-state index contributed by atoms with van der Waals surface area (Å²) in [6, 6.07) is 0. The number of ether oxygens (including phenoxy) is 2. The summed E-state index contributed by atoms with van der Waals surface area (Å²) in [7, 11) is 1.65. The molecule has 1 amide bonds. The van der Waals surface area contributed by atoms with E-state index in [2.05, 4.69) is 30.5 Å². The van der Waals surface area contributed by atoms with Gasteiger partial charge in [0.15, 0.2) is 0 Å². The minimum Gasteiger partial charge on any atom is -0.449 e. The molecular weight excluding hydrogens is 408 g/mol. The summed E-state index contributed by atoms with van der Waals surface area (Å²) in [5.41, 5.74) is 3.39. The summed E-state index contributed by atoms with van der Waals surface area (Å²) >= 11 is 0. The zero-order valence-electron chi connectivity index (χ0n) is 20.2. The molecule has 0 radical (unpaired) electrons. The van der Waals surface area contributed by atoms with E-state index >= 15 is 0 Å². The van der Waals surface area contributed by atoms with E-state index in [1.165, 1.54) is 5.57 Å². The van der Waals surface area contributed by atoms with Gasteiger partial charge in [-0.15, -0.1) is 0 Å². The summed E-state index contributed by atoms with van der Waals surface area (Å²) in [5, 5.41) is 25.9. The average Bonchev–Trinajstić information content (AvgIpc) is 2.99. The molecule has 0 bridgehead atoms. The molecule has 0 aromatic heterocycles. The third-order valence-corrected chi connectivity index (χ3v) is 9.71. The largest absolute Gasteiger partial charge is 0.449 e. The molecule has 0 aliphatic heterocycles. The Morgan fingerprint density at radius 2 is 2.00 bits per heavy atom. The van der Waals surface area contributed by atoms with Gasteiger partial charge in [-0.2, -0.15) is 5.10 Å². The summed E-state index contributed by atoms with van der Waals surface area (Å²) in [4.78, 5) is 11.8. The van der Waals surface area contributed by atoms with E-state index in [0.717, 1.165) is 38.5 Å². The van der Waals surface area contributed by atoms with E-state index < -0.39 is 17.8 Å². The first-order valence-electron chi connectivity index (χ1n) is 12.2. The maximum Gasteiger partial charge on any atom is 0.427 e. The van der Waals surface area contributed by atoms with Gasteiger partial charge in [0.1, 0.15) is 5.60 Å². The molecule has 7 heteroatoms. The van der Waals surface area contributed by atoms with Gasteiger partial charge in [0, 0.05) is 12.5 Å². The van der Waals surface area contributed by atoms with Crippen molar-refractivity contribution in [3.05, 3.63) is 11.6 Å². The lowest BCUT2D eigenvalue weighted by atomic mass is 9.46. The van der Waals surface area contributed by atoms with Gasteiger partial charge in [-0.3, -0.25) is 0 Å². The molecule has 4 rings (SSSR count). The molecule has 4 aliphatic carbocycles. The molecule has 4 aliphatic rings. The minimum absolute atomic E-state index is 0.140. The van der Waals surface area contributed by atoms with E-state index in [1.807, 2.05) is 6.92 Å². The van der Waals surface area contributed by atoms with Crippen molar-refractivity contribution in [2.45, 2.75) is 90.4 Å². The molecule has 180 valence electrons. The van der Waals surface area contributed by atoms with Crippen LogP contribution in [0.3, 0.4) is 0 Å². The number of nitrogens with one attached hydrogen (secondary N) is 1. The highest BCUT2D eigenvalue weighted by Crippen LogP contribution is 2.68. The second-order valence-electron chi connectivity index (χ2n) is 10.8. The van der Waals surface area contributed by atoms with Crippen LogP contribution in [0.5, 0.6) is 0 Å². The number of rotatable bonds is 4. The highest BCUT2D eigenvalue weighted by Gasteiger charge is 2.69. The number of carbonyl (C=O) groups is 1. The van der Waals surface area contributed by atoms with Crippen LogP contribution in [0.1, 0.15) is 72.6 Å². The smallest absolute Gasteiger partial charge is 0.427 e. The van der Waals surface area contributed by atoms with Crippen molar-refractivity contribution >= 4 is 11.8 Å². The Labute approximate surface area is 191 Å². The molecule has 0 heterocycles. The number of hydrogen-bond acceptors (Lipinski definition) is 6. The highest BCUT2D eigenvalue weighted by atomic mass is 16.6. The summed E-state index contributed by atoms with van der Waals surface area (Å²) in [6.45, 7) is 8.49. The van der Waals surface area contributed by atoms with Crippen molar-refractivity contribution < 1.29 is 24.5 Å². The Bertz CT molecular complexity index is 812. The van der Waals surface area contributed by atoms with E-state index in [0.29, 0.717) is 29.9 Å². The first-order valence-corrected chi connectivity index (χ1v) is 12.2. The Hall–Kier alpha value is -1.44. The quantitative estimate of drug-likeness (QED) is 0.345. The maximum absolute atomic E-state index is 11.8. The van der Waals surface area contributed by atoms with Crippen molar-refractivity contribution in [2.75, 3.05) is 13.7 Å². The minimum atomic E-state index is -0.949. The van der Waals surface area contributed by atoms with Gasteiger partial charge in [0.2, 0.25) is 0 Å². The van der Waals surface area contributed by atoms with E-state index in [4.69, 9.17) is 9.47 Å². The van der Waals surface area contributed by atoms with Gasteiger partial charge in [-0.05, 0) is 82.0 Å². The monoisotopic (exact) mass is 448 g/mol. The van der Waals surface area contributed by atoms with Gasteiger partial charge in [-0.1, -0.05) is 25.5 Å². The second kappa shape index (κ2) is 8.41. The number of hydrazone groups is 1. The Morgan fingerprint density at radius 3 is 2.69 bits per heavy atom. The highest BCUT2D eigenvalue weighted by molar-refractivity contribution is 5.93. The molecule has 0 aromatic carbocycles. The number of carbonyl (C=O) groups excluding carboxylic acids is 1. The lowest BCUT2D eigenvalue weighted by Gasteiger charge is -2.59. The fourth-order valence-corrected chi connectivity index (χ4v) is 8.19. The summed E-state index contributed by atoms with van der Waals surface area (Å²) in [5.74, 6) is 1.32. The standard InChI is InChI=1S/C25H40N2O5/c1-6-32-22(30)27-26-15(2)25(31-5)21(29)14-20-18-8-7-16-13-17(28)9-11-23(16,3)19(18)10-12-24(20,25)4/h7,17-21,28-29H,6,8-14H2,1-5H3,(H,27,30)/b26-15+. The molecule has 0 spiro atoms. The number of hydrogen-bond donors (Lipinski definition) is 3. The molecule has 3 N–H and O–H groups in total. The maximum atomic E-state index is 11.8. The van der Waals surface area contributed by atoms with Gasteiger partial charge >= 0.3 is 6.09 Å². The predicted octanol–water partition coefficient (Wildman–Crippen LogP) is 3.79. The number of methoxy groups -OCH3 is 1. The predicted molar refractivity (Wildman–Crippen MR) is 122 cm³/mol. The summed E-state index contributed by atoms with van der Waals surface area (Å²) in [6.07, 6.45) is 7.25. The van der Waals surface area contributed by atoms with Gasteiger partial charge in [0.25, 0.3) is 0 Å². The molecule has 8 unspecified atom stereocenters. The van der Waals surface area contributed by atoms with Crippen molar-refractivity contribution in [1.29, 1.82) is 0 Å². The lowest BCUT2D eigenvalue weighted by Crippen LogP contribution is -2.61. The van der Waals surface area contributed by atoms with E-state index in [1.54, 1.807) is 14.0 Å². The Kier molecular flexibility index (Phi) is 6.23. The molecule has 0 saturated heterocycles. The van der Waals surface area contributed by atoms with Crippen molar-refractivity contribution in [2.24, 2.45) is 33.7 Å². The number of aliphatic hydroxyl groups excluding tert-OH is 2. The van der Waals surface area contributed by atoms with Crippen LogP contribution in [0.25, 0.3) is 0 Å². The third-order valence-electron chi connectivity index (χ3n) is 9.71. The zero-order valence-corrected chi connectivity index (χ0v) is 20.2. The fourth-order valence-electron chi connectivity index (χ4n) is 8.19. The van der Waals surface area contributed by atoms with Crippen LogP contribution in [0, 0.1) is 28.6 Å². The zero-order chi connectivity index (χ0) is 23.3. The molecular formula is C25H40N2O5. The second-order valence-corrected chi connectivity index (χ2v) is 10.8. The van der Waals surface area contributed by atoms with Crippen LogP contribution < -0.4 is 5.43 Å². The van der Waals surface area contributed by atoms with E-state index in [9.17, 15) is 15.0 Å². The first-order chi connectivity index (χ1) is 15.1. The lowest BCUT2D eigenvalue weighted by molar-refractivity contribution is -0.131. The number of amides is 1. The molecule has 32 heavy (non-hydrogen) atoms. The van der Waals surface area contributed by atoms with Crippen LogP contribution in [-0.4, -0.2) is 53.5 Å². The molecule has 3 saturated carbocycles. The van der Waals surface area contributed by atoms with Crippen LogP contribution in [0.2, 0.25) is 0 Å². The van der Waals surface area contributed by atoms with Crippen LogP contribution >= 0.6 is 0 Å². The number of fused-ring (bicyclic) bond motifs is 5. The van der Waals surface area contributed by atoms with Crippen LogP contribution in [0.15, 0.2) is 16.8 Å². The average molecular weight is 449 g/mol. The first kappa shape index (κ1) is 23.7. The normalized spacial score (nSPS) is 45.9.